The number of hydrogen-bond acceptors (Lipinski definition) is 1. The molecule has 0 amide bonds. The van der Waals surface area contributed by atoms with Crippen molar-refractivity contribution < 1.29 is 0 Å². The first kappa shape index (κ1) is 11.8. The summed E-state index contributed by atoms with van der Waals surface area (Å²) in [5.74, 6) is 0. The predicted octanol–water partition coefficient (Wildman–Crippen LogP) is 3.12. The molecule has 4 rings (SSSR count). The molecule has 0 aromatic heterocycles. The van der Waals surface area contributed by atoms with Gasteiger partial charge in [0.25, 0.3) is 0 Å². The summed E-state index contributed by atoms with van der Waals surface area (Å²) in [6, 6.07) is 28.2. The summed E-state index contributed by atoms with van der Waals surface area (Å²) in [7, 11) is 0. The molecule has 0 unspecified atom stereocenters. The molecule has 0 spiro atoms. The maximum atomic E-state index is 2.39. The van der Waals surface area contributed by atoms with Crippen LogP contribution >= 0.6 is 0 Å². The van der Waals surface area contributed by atoms with E-state index in [2.05, 4.69) is 83.8 Å². The number of nitrogens with zero attached hydrogens (tertiary/aromatic N) is 1. The Labute approximate surface area is 125 Å². The minimum atomic E-state index is -0.235. The molecule has 20 heavy (non-hydrogen) atoms. The number of hydrogen-bond donors (Lipinski definition) is 0. The standard InChI is InChI=1S/C18H13GeN/c1-2-8-14(9-3-1)20-17-12-6-4-10-15(17)19-16-11-5-7-13-18(16)20/h1-13H. The van der Waals surface area contributed by atoms with Gasteiger partial charge < -0.3 is 0 Å². The van der Waals surface area contributed by atoms with Gasteiger partial charge in [-0.15, -0.1) is 0 Å². The second-order valence-corrected chi connectivity index (χ2v) is 7.62. The molecule has 0 fully saturated rings. The molecular weight excluding hydrogens is 303 g/mol. The zero-order valence-corrected chi connectivity index (χ0v) is 13.1. The Hall–Kier alpha value is -2.00. The van der Waals surface area contributed by atoms with Gasteiger partial charge in [-0.1, -0.05) is 0 Å². The van der Waals surface area contributed by atoms with Gasteiger partial charge in [0.1, 0.15) is 0 Å². The van der Waals surface area contributed by atoms with Crippen LogP contribution in [0, 0.1) is 0 Å². The van der Waals surface area contributed by atoms with Crippen LogP contribution in [-0.2, 0) is 0 Å². The van der Waals surface area contributed by atoms with E-state index < -0.39 is 0 Å². The predicted molar refractivity (Wildman–Crippen MR) is 86.1 cm³/mol. The molecule has 94 valence electrons. The van der Waals surface area contributed by atoms with Crippen molar-refractivity contribution in [3.05, 3.63) is 78.9 Å². The fraction of sp³-hybridized carbons (Fsp3) is 0. The topological polar surface area (TPSA) is 3.24 Å². The van der Waals surface area contributed by atoms with Crippen molar-refractivity contribution in [1.82, 2.24) is 0 Å². The molecule has 1 aliphatic heterocycles. The second-order valence-electron chi connectivity index (χ2n) is 4.83. The summed E-state index contributed by atoms with van der Waals surface area (Å²) in [4.78, 5) is 2.39. The maximum absolute atomic E-state index is 2.39. The van der Waals surface area contributed by atoms with Crippen molar-refractivity contribution in [3.8, 4) is 0 Å². The zero-order chi connectivity index (χ0) is 13.4. The number of fused-ring (bicyclic) bond motifs is 2. The van der Waals surface area contributed by atoms with Crippen LogP contribution in [-0.4, -0.2) is 15.4 Å². The molecular formula is C18H13GeN. The molecule has 0 saturated heterocycles. The van der Waals surface area contributed by atoms with Gasteiger partial charge in [0.15, 0.2) is 0 Å². The molecule has 3 aromatic carbocycles. The molecule has 0 atom stereocenters. The Balaban J connectivity index is 1.98. The number of para-hydroxylation sites is 3. The molecule has 0 N–H and O–H groups in total. The van der Waals surface area contributed by atoms with Gasteiger partial charge >= 0.3 is 125 Å². The van der Waals surface area contributed by atoms with Crippen molar-refractivity contribution in [1.29, 1.82) is 0 Å². The van der Waals surface area contributed by atoms with Gasteiger partial charge in [-0.05, 0) is 0 Å². The van der Waals surface area contributed by atoms with Crippen molar-refractivity contribution in [2.45, 2.75) is 0 Å². The third-order valence-corrected chi connectivity index (χ3v) is 6.48. The van der Waals surface area contributed by atoms with E-state index in [0.29, 0.717) is 0 Å². The molecule has 0 saturated carbocycles. The van der Waals surface area contributed by atoms with E-state index in [-0.39, 0.29) is 15.4 Å². The summed E-state index contributed by atoms with van der Waals surface area (Å²) < 4.78 is 3.02. The summed E-state index contributed by atoms with van der Waals surface area (Å²) in [6.45, 7) is 0. The van der Waals surface area contributed by atoms with E-state index in [4.69, 9.17) is 0 Å². The Morgan fingerprint density at radius 3 is 1.65 bits per heavy atom. The van der Waals surface area contributed by atoms with Crippen LogP contribution < -0.4 is 13.7 Å². The Morgan fingerprint density at radius 1 is 0.550 bits per heavy atom. The molecule has 1 aliphatic rings. The number of anilines is 3. The van der Waals surface area contributed by atoms with Crippen LogP contribution in [0.25, 0.3) is 0 Å². The average Bonchev–Trinajstić information content (AvgIpc) is 2.53. The van der Waals surface area contributed by atoms with Crippen LogP contribution in [0.1, 0.15) is 0 Å². The third-order valence-electron chi connectivity index (χ3n) is 3.57. The first-order valence-corrected chi connectivity index (χ1v) is 8.83. The van der Waals surface area contributed by atoms with Crippen LogP contribution in [0.2, 0.25) is 0 Å². The van der Waals surface area contributed by atoms with E-state index in [1.165, 1.54) is 25.9 Å². The van der Waals surface area contributed by atoms with Gasteiger partial charge in [0.05, 0.1) is 0 Å². The van der Waals surface area contributed by atoms with E-state index in [9.17, 15) is 0 Å². The van der Waals surface area contributed by atoms with E-state index in [1.807, 2.05) is 0 Å². The number of rotatable bonds is 1. The molecule has 3 aromatic rings. The molecule has 0 bridgehead atoms. The van der Waals surface area contributed by atoms with Crippen LogP contribution in [0.5, 0.6) is 0 Å². The van der Waals surface area contributed by atoms with E-state index >= 15 is 0 Å². The van der Waals surface area contributed by atoms with Gasteiger partial charge in [0, 0.05) is 0 Å². The molecule has 1 heterocycles. The van der Waals surface area contributed by atoms with Gasteiger partial charge in [0.2, 0.25) is 0 Å². The SMILES string of the molecule is c1ccc(N2c3cccc[c]3[Ge][c]3ccccc32)cc1. The van der Waals surface area contributed by atoms with Crippen LogP contribution in [0.4, 0.5) is 17.1 Å². The number of benzene rings is 3. The minimum absolute atomic E-state index is 0.235. The quantitative estimate of drug-likeness (QED) is 0.488. The Morgan fingerprint density at radius 2 is 1.05 bits per heavy atom. The first-order chi connectivity index (χ1) is 9.93. The molecule has 2 radical (unpaired) electrons. The molecule has 2 heteroatoms. The van der Waals surface area contributed by atoms with Crippen molar-refractivity contribution in [3.63, 3.8) is 0 Å². The summed E-state index contributed by atoms with van der Waals surface area (Å²) >= 11 is -0.235. The first-order valence-electron chi connectivity index (χ1n) is 6.74. The van der Waals surface area contributed by atoms with Gasteiger partial charge in [-0.2, -0.15) is 0 Å². The van der Waals surface area contributed by atoms with Gasteiger partial charge in [-0.25, -0.2) is 0 Å². The third kappa shape index (κ3) is 1.86. The van der Waals surface area contributed by atoms with Gasteiger partial charge in [-0.3, -0.25) is 0 Å². The average molecular weight is 316 g/mol. The Bertz CT molecular complexity index is 707. The Kier molecular flexibility index (Phi) is 2.85. The van der Waals surface area contributed by atoms with Crippen LogP contribution in [0.15, 0.2) is 78.9 Å². The fourth-order valence-corrected chi connectivity index (χ4v) is 5.40. The van der Waals surface area contributed by atoms with Crippen molar-refractivity contribution in [2.75, 3.05) is 4.90 Å². The zero-order valence-electron chi connectivity index (χ0n) is 11.0. The van der Waals surface area contributed by atoms with E-state index in [0.717, 1.165) is 0 Å². The second kappa shape index (κ2) is 4.84. The molecule has 0 aliphatic carbocycles. The normalized spacial score (nSPS) is 12.7. The monoisotopic (exact) mass is 317 g/mol. The summed E-state index contributed by atoms with van der Waals surface area (Å²) in [5, 5.41) is 0. The molecule has 1 nitrogen and oxygen atoms in total. The summed E-state index contributed by atoms with van der Waals surface area (Å²) in [5.41, 5.74) is 3.92. The van der Waals surface area contributed by atoms with Crippen LogP contribution in [0.3, 0.4) is 0 Å². The fourth-order valence-electron chi connectivity index (χ4n) is 2.68. The van der Waals surface area contributed by atoms with E-state index in [1.54, 1.807) is 0 Å². The van der Waals surface area contributed by atoms with Crippen molar-refractivity contribution in [2.24, 2.45) is 0 Å². The summed E-state index contributed by atoms with van der Waals surface area (Å²) in [6.07, 6.45) is 0. The van der Waals surface area contributed by atoms with Crippen molar-refractivity contribution >= 4 is 41.3 Å².